The molecule has 92 valence electrons. The van der Waals surface area contributed by atoms with Gasteiger partial charge >= 0.3 is 0 Å². The van der Waals surface area contributed by atoms with Crippen LogP contribution in [-0.4, -0.2) is 54.6 Å². The van der Waals surface area contributed by atoms with E-state index in [1.165, 1.54) is 0 Å². The van der Waals surface area contributed by atoms with Crippen molar-refractivity contribution < 1.29 is 0 Å². The molecule has 0 N–H and O–H groups in total. The van der Waals surface area contributed by atoms with Crippen LogP contribution in [0.25, 0.3) is 0 Å². The molecule has 2 rings (SSSR count). The maximum Gasteiger partial charge on any atom is 0.0944 e. The largest absolute Gasteiger partial charge is 0.304 e. The maximum absolute atomic E-state index is 8.63. The molecule has 1 aromatic heterocycles. The van der Waals surface area contributed by atoms with Gasteiger partial charge in [0.25, 0.3) is 0 Å². The average Bonchev–Trinajstić information content (AvgIpc) is 2.72. The van der Waals surface area contributed by atoms with Crippen molar-refractivity contribution >= 4 is 11.3 Å². The molecule has 0 aromatic carbocycles. The van der Waals surface area contributed by atoms with Gasteiger partial charge in [-0.3, -0.25) is 0 Å². The fourth-order valence-electron chi connectivity index (χ4n) is 2.13. The van der Waals surface area contributed by atoms with Gasteiger partial charge in [0.1, 0.15) is 0 Å². The van der Waals surface area contributed by atoms with Gasteiger partial charge in [0, 0.05) is 37.5 Å². The first-order valence-electron chi connectivity index (χ1n) is 5.88. The van der Waals surface area contributed by atoms with Crippen LogP contribution >= 0.6 is 11.3 Å². The van der Waals surface area contributed by atoms with E-state index in [0.717, 1.165) is 36.8 Å². The van der Waals surface area contributed by atoms with Gasteiger partial charge in [-0.05, 0) is 14.1 Å². The minimum atomic E-state index is 0.427. The Kier molecular flexibility index (Phi) is 4.11. The minimum Gasteiger partial charge on any atom is -0.304 e. The predicted octanol–water partition coefficient (Wildman–Crippen LogP) is 0.997. The molecule has 1 atom stereocenters. The molecule has 0 amide bonds. The highest BCUT2D eigenvalue weighted by molar-refractivity contribution is 7.09. The van der Waals surface area contributed by atoms with E-state index < -0.39 is 0 Å². The lowest BCUT2D eigenvalue weighted by atomic mass is 10.1. The Hall–Kier alpha value is -0.960. The molecule has 0 saturated carbocycles. The van der Waals surface area contributed by atoms with Crippen molar-refractivity contribution in [3.8, 4) is 6.07 Å². The van der Waals surface area contributed by atoms with Crippen LogP contribution in [0.3, 0.4) is 0 Å². The highest BCUT2D eigenvalue weighted by Crippen LogP contribution is 2.16. The Morgan fingerprint density at radius 1 is 1.53 bits per heavy atom. The topological polar surface area (TPSA) is 43.2 Å². The molecule has 1 saturated heterocycles. The molecule has 17 heavy (non-hydrogen) atoms. The molecular weight excluding hydrogens is 232 g/mol. The van der Waals surface area contributed by atoms with E-state index in [1.54, 1.807) is 11.3 Å². The first-order valence-corrected chi connectivity index (χ1v) is 6.76. The first kappa shape index (κ1) is 12.5. The lowest BCUT2D eigenvalue weighted by Crippen LogP contribution is -2.50. The fourth-order valence-corrected chi connectivity index (χ4v) is 2.99. The van der Waals surface area contributed by atoms with Crippen LogP contribution in [0.15, 0.2) is 5.38 Å². The van der Waals surface area contributed by atoms with E-state index in [-0.39, 0.29) is 0 Å². The van der Waals surface area contributed by atoms with E-state index >= 15 is 0 Å². The fraction of sp³-hybridized carbons (Fsp3) is 0.667. The van der Waals surface area contributed by atoms with Crippen molar-refractivity contribution in [1.29, 1.82) is 5.26 Å². The van der Waals surface area contributed by atoms with E-state index in [1.807, 2.05) is 5.38 Å². The third-order valence-corrected chi connectivity index (χ3v) is 4.17. The summed E-state index contributed by atoms with van der Waals surface area (Å²) < 4.78 is 0. The summed E-state index contributed by atoms with van der Waals surface area (Å²) in [5.41, 5.74) is 0.916. The molecule has 0 aliphatic carbocycles. The number of piperazine rings is 1. The number of nitrogens with zero attached hydrogens (tertiary/aromatic N) is 4. The van der Waals surface area contributed by atoms with Gasteiger partial charge in [-0.2, -0.15) is 5.26 Å². The molecule has 1 fully saturated rings. The lowest BCUT2D eigenvalue weighted by molar-refractivity contribution is 0.114. The van der Waals surface area contributed by atoms with Crippen LogP contribution in [0.4, 0.5) is 0 Å². The third-order valence-electron chi connectivity index (χ3n) is 3.25. The van der Waals surface area contributed by atoms with E-state index in [9.17, 15) is 0 Å². The molecule has 5 heteroatoms. The molecule has 1 aliphatic rings. The van der Waals surface area contributed by atoms with Crippen molar-refractivity contribution in [2.45, 2.75) is 18.9 Å². The third kappa shape index (κ3) is 3.25. The molecule has 0 spiro atoms. The minimum absolute atomic E-state index is 0.427. The summed E-state index contributed by atoms with van der Waals surface area (Å²) in [7, 11) is 4.35. The van der Waals surface area contributed by atoms with Crippen LogP contribution in [0, 0.1) is 11.3 Å². The van der Waals surface area contributed by atoms with Gasteiger partial charge in [-0.25, -0.2) is 4.98 Å². The number of hydrogen-bond acceptors (Lipinski definition) is 5. The zero-order valence-electron chi connectivity index (χ0n) is 10.4. The summed E-state index contributed by atoms with van der Waals surface area (Å²) >= 11 is 1.68. The molecule has 2 heterocycles. The highest BCUT2D eigenvalue weighted by atomic mass is 32.1. The summed E-state index contributed by atoms with van der Waals surface area (Å²) in [6.07, 6.45) is 1.42. The number of aromatic nitrogens is 1. The second-order valence-electron chi connectivity index (χ2n) is 4.67. The summed E-state index contributed by atoms with van der Waals surface area (Å²) in [5.74, 6) is 0. The number of nitriles is 1. The van der Waals surface area contributed by atoms with Crippen molar-refractivity contribution in [2.75, 3.05) is 33.7 Å². The van der Waals surface area contributed by atoms with Gasteiger partial charge in [0.05, 0.1) is 23.2 Å². The van der Waals surface area contributed by atoms with Crippen molar-refractivity contribution in [3.05, 3.63) is 16.1 Å². The van der Waals surface area contributed by atoms with Crippen molar-refractivity contribution in [2.24, 2.45) is 0 Å². The Balaban J connectivity index is 1.96. The van der Waals surface area contributed by atoms with Gasteiger partial charge < -0.3 is 9.80 Å². The zero-order valence-corrected chi connectivity index (χ0v) is 11.2. The second kappa shape index (κ2) is 5.58. The summed E-state index contributed by atoms with van der Waals surface area (Å²) in [5, 5.41) is 11.8. The van der Waals surface area contributed by atoms with Crippen LogP contribution in [0.2, 0.25) is 0 Å². The van der Waals surface area contributed by atoms with Crippen molar-refractivity contribution in [3.63, 3.8) is 0 Å². The quantitative estimate of drug-likeness (QED) is 0.802. The Labute approximate surface area is 106 Å². The summed E-state index contributed by atoms with van der Waals surface area (Å²) in [4.78, 5) is 9.28. The number of likely N-dealkylation sites (N-methyl/N-ethyl adjacent to an activating group) is 2. The first-order chi connectivity index (χ1) is 8.19. The molecule has 1 aliphatic heterocycles. The van der Waals surface area contributed by atoms with Crippen molar-refractivity contribution in [1.82, 2.24) is 14.8 Å². The lowest BCUT2D eigenvalue weighted by Gasteiger charge is -2.37. The van der Waals surface area contributed by atoms with E-state index in [4.69, 9.17) is 5.26 Å². The molecule has 0 bridgehead atoms. The Morgan fingerprint density at radius 3 is 3.12 bits per heavy atom. The van der Waals surface area contributed by atoms with E-state index in [0.29, 0.717) is 12.5 Å². The summed E-state index contributed by atoms with van der Waals surface area (Å²) in [6, 6.07) is 2.69. The zero-order chi connectivity index (χ0) is 12.3. The van der Waals surface area contributed by atoms with E-state index in [2.05, 4.69) is 34.9 Å². The van der Waals surface area contributed by atoms with Gasteiger partial charge in [0.15, 0.2) is 0 Å². The summed E-state index contributed by atoms with van der Waals surface area (Å²) in [6.45, 7) is 3.37. The standard InChI is InChI=1S/C12H18N4S/c1-15-5-6-16(2)11(8-15)7-12-14-10(3-4-13)9-17-12/h9,11H,3,5-8H2,1-2H3. The van der Waals surface area contributed by atoms with Crippen LogP contribution in [0.5, 0.6) is 0 Å². The average molecular weight is 250 g/mol. The normalized spacial score (nSPS) is 22.5. The van der Waals surface area contributed by atoms with Gasteiger partial charge in [-0.15, -0.1) is 11.3 Å². The maximum atomic E-state index is 8.63. The predicted molar refractivity (Wildman–Crippen MR) is 69.1 cm³/mol. The molecule has 0 radical (unpaired) electrons. The van der Waals surface area contributed by atoms with Crippen LogP contribution in [-0.2, 0) is 12.8 Å². The molecule has 1 unspecified atom stereocenters. The van der Waals surface area contributed by atoms with Gasteiger partial charge in [0.2, 0.25) is 0 Å². The van der Waals surface area contributed by atoms with Gasteiger partial charge in [-0.1, -0.05) is 0 Å². The number of rotatable bonds is 3. The molecule has 1 aromatic rings. The SMILES string of the molecule is CN1CCN(C)C(Cc2nc(CC#N)cs2)C1. The molecule has 4 nitrogen and oxygen atoms in total. The molecular formula is C12H18N4S. The number of hydrogen-bond donors (Lipinski definition) is 0. The van der Waals surface area contributed by atoms with Crippen LogP contribution < -0.4 is 0 Å². The van der Waals surface area contributed by atoms with Crippen LogP contribution in [0.1, 0.15) is 10.7 Å². The Morgan fingerprint density at radius 2 is 2.35 bits per heavy atom. The smallest absolute Gasteiger partial charge is 0.0944 e. The second-order valence-corrected chi connectivity index (χ2v) is 5.61. The number of thiazole rings is 1. The highest BCUT2D eigenvalue weighted by Gasteiger charge is 2.23. The Bertz CT molecular complexity index is 409. The monoisotopic (exact) mass is 250 g/mol.